The fraction of sp³-hybridized carbons (Fsp3) is 0.500. The maximum Gasteiger partial charge on any atom is 0.219 e. The zero-order chi connectivity index (χ0) is 16.2. The van der Waals surface area contributed by atoms with Gasteiger partial charge in [-0.15, -0.1) is 0 Å². The number of aromatic amines is 1. The van der Waals surface area contributed by atoms with Gasteiger partial charge in [0.25, 0.3) is 0 Å². The summed E-state index contributed by atoms with van der Waals surface area (Å²) in [6, 6.07) is 3.90. The highest BCUT2D eigenvalue weighted by molar-refractivity contribution is 5.73. The number of hydrogen-bond donors (Lipinski definition) is 2. The molecule has 7 heteroatoms. The van der Waals surface area contributed by atoms with Crippen LogP contribution in [-0.4, -0.2) is 44.1 Å². The molecule has 122 valence electrons. The second-order valence-electron chi connectivity index (χ2n) is 6.11. The van der Waals surface area contributed by atoms with E-state index in [-0.39, 0.29) is 5.91 Å². The number of H-pyrrole nitrogens is 1. The molecule has 23 heavy (non-hydrogen) atoms. The van der Waals surface area contributed by atoms with E-state index in [4.69, 9.17) is 0 Å². The van der Waals surface area contributed by atoms with E-state index in [1.807, 2.05) is 24.0 Å². The lowest BCUT2D eigenvalue weighted by atomic mass is 9.92. The summed E-state index contributed by atoms with van der Waals surface area (Å²) in [6.07, 6.45) is 4.57. The van der Waals surface area contributed by atoms with Gasteiger partial charge in [-0.05, 0) is 32.1 Å². The van der Waals surface area contributed by atoms with Gasteiger partial charge < -0.3 is 10.2 Å². The van der Waals surface area contributed by atoms with E-state index >= 15 is 0 Å². The van der Waals surface area contributed by atoms with Crippen LogP contribution in [0.5, 0.6) is 0 Å². The van der Waals surface area contributed by atoms with Crippen LogP contribution >= 0.6 is 0 Å². The van der Waals surface area contributed by atoms with Crippen LogP contribution in [0.1, 0.15) is 31.2 Å². The summed E-state index contributed by atoms with van der Waals surface area (Å²) in [5, 5.41) is 10.2. The monoisotopic (exact) mass is 314 g/mol. The number of anilines is 2. The molecule has 7 nitrogen and oxygen atoms in total. The quantitative estimate of drug-likeness (QED) is 0.902. The summed E-state index contributed by atoms with van der Waals surface area (Å²) < 4.78 is 0. The normalized spacial score (nSPS) is 15.7. The molecule has 0 bridgehead atoms. The molecule has 0 unspecified atom stereocenters. The summed E-state index contributed by atoms with van der Waals surface area (Å²) >= 11 is 0. The Bertz CT molecular complexity index is 675. The van der Waals surface area contributed by atoms with Crippen molar-refractivity contribution < 1.29 is 4.79 Å². The molecule has 1 saturated heterocycles. The first-order chi connectivity index (χ1) is 11.1. The van der Waals surface area contributed by atoms with E-state index in [1.165, 1.54) is 0 Å². The van der Waals surface area contributed by atoms with E-state index in [1.54, 1.807) is 13.3 Å². The van der Waals surface area contributed by atoms with Crippen molar-refractivity contribution in [1.82, 2.24) is 25.1 Å². The van der Waals surface area contributed by atoms with Gasteiger partial charge >= 0.3 is 0 Å². The first-order valence-electron chi connectivity index (χ1n) is 7.95. The number of rotatable bonds is 4. The van der Waals surface area contributed by atoms with E-state index < -0.39 is 0 Å². The average molecular weight is 314 g/mol. The highest BCUT2D eigenvalue weighted by atomic mass is 16.2. The first-order valence-corrected chi connectivity index (χ1v) is 7.95. The molecule has 0 aromatic carbocycles. The standard InChI is InChI=1S/C16H22N6O/c1-11-7-16(21-20-11)19-15-9-14(17-10-18-15)8-13-3-5-22(6-4-13)12(2)23/h7,9-10,13H,3-6,8H2,1-2H3,(H2,17,18,19,20,21). The van der Waals surface area contributed by atoms with Crippen molar-refractivity contribution in [3.05, 3.63) is 29.8 Å². The Morgan fingerprint density at radius 2 is 2.09 bits per heavy atom. The second-order valence-corrected chi connectivity index (χ2v) is 6.11. The van der Waals surface area contributed by atoms with Gasteiger partial charge in [0.05, 0.1) is 0 Å². The Labute approximate surface area is 135 Å². The van der Waals surface area contributed by atoms with Gasteiger partial charge in [-0.25, -0.2) is 9.97 Å². The maximum absolute atomic E-state index is 11.4. The fourth-order valence-electron chi connectivity index (χ4n) is 2.94. The van der Waals surface area contributed by atoms with E-state index in [0.29, 0.717) is 5.92 Å². The van der Waals surface area contributed by atoms with Crippen molar-refractivity contribution in [1.29, 1.82) is 0 Å². The minimum atomic E-state index is 0.172. The van der Waals surface area contributed by atoms with E-state index in [0.717, 1.165) is 55.4 Å². The lowest BCUT2D eigenvalue weighted by molar-refractivity contribution is -0.130. The van der Waals surface area contributed by atoms with Gasteiger partial charge in [-0.1, -0.05) is 0 Å². The summed E-state index contributed by atoms with van der Waals surface area (Å²) in [6.45, 7) is 5.29. The number of aromatic nitrogens is 4. The minimum absolute atomic E-state index is 0.172. The van der Waals surface area contributed by atoms with Gasteiger partial charge in [0.2, 0.25) is 5.91 Å². The van der Waals surface area contributed by atoms with Crippen LogP contribution in [0, 0.1) is 12.8 Å². The van der Waals surface area contributed by atoms with Crippen LogP contribution in [0.25, 0.3) is 0 Å². The number of nitrogens with one attached hydrogen (secondary N) is 2. The molecule has 0 saturated carbocycles. The molecular formula is C16H22N6O. The number of piperidine rings is 1. The molecule has 0 radical (unpaired) electrons. The molecule has 1 amide bonds. The third kappa shape index (κ3) is 4.06. The van der Waals surface area contributed by atoms with Crippen LogP contribution in [0.15, 0.2) is 18.5 Å². The third-order valence-electron chi connectivity index (χ3n) is 4.24. The highest BCUT2D eigenvalue weighted by Gasteiger charge is 2.21. The van der Waals surface area contributed by atoms with Crippen molar-refractivity contribution >= 4 is 17.5 Å². The maximum atomic E-state index is 11.4. The Hall–Kier alpha value is -2.44. The molecule has 1 aliphatic rings. The highest BCUT2D eigenvalue weighted by Crippen LogP contribution is 2.22. The summed E-state index contributed by atoms with van der Waals surface area (Å²) in [7, 11) is 0. The smallest absolute Gasteiger partial charge is 0.219 e. The average Bonchev–Trinajstić information content (AvgIpc) is 2.93. The Balaban J connectivity index is 1.59. The van der Waals surface area contributed by atoms with Crippen LogP contribution < -0.4 is 5.32 Å². The van der Waals surface area contributed by atoms with Crippen molar-refractivity contribution in [3.63, 3.8) is 0 Å². The second kappa shape index (κ2) is 6.76. The molecule has 2 aromatic heterocycles. The van der Waals surface area contributed by atoms with Crippen molar-refractivity contribution in [2.75, 3.05) is 18.4 Å². The zero-order valence-electron chi connectivity index (χ0n) is 13.5. The van der Waals surface area contributed by atoms with E-state index in [2.05, 4.69) is 25.5 Å². The molecule has 1 aliphatic heterocycles. The predicted octanol–water partition coefficient (Wildman–Crippen LogP) is 2.05. The van der Waals surface area contributed by atoms with Crippen LogP contribution in [0.4, 0.5) is 11.6 Å². The lowest BCUT2D eigenvalue weighted by Crippen LogP contribution is -2.37. The number of amides is 1. The minimum Gasteiger partial charge on any atom is -0.343 e. The van der Waals surface area contributed by atoms with Crippen LogP contribution in [0.3, 0.4) is 0 Å². The molecule has 0 atom stereocenters. The fourth-order valence-corrected chi connectivity index (χ4v) is 2.94. The van der Waals surface area contributed by atoms with Crippen molar-refractivity contribution in [3.8, 4) is 0 Å². The summed E-state index contributed by atoms with van der Waals surface area (Å²) in [5.74, 6) is 2.25. The van der Waals surface area contributed by atoms with Crippen LogP contribution in [0.2, 0.25) is 0 Å². The van der Waals surface area contributed by atoms with E-state index in [9.17, 15) is 4.79 Å². The first kappa shape index (κ1) is 15.5. The molecule has 0 spiro atoms. The Morgan fingerprint density at radius 3 is 2.74 bits per heavy atom. The van der Waals surface area contributed by atoms with Gasteiger partial charge in [-0.3, -0.25) is 9.89 Å². The summed E-state index contributed by atoms with van der Waals surface area (Å²) in [4.78, 5) is 21.9. The molecule has 3 heterocycles. The molecule has 0 aliphatic carbocycles. The van der Waals surface area contributed by atoms with Crippen LogP contribution in [-0.2, 0) is 11.2 Å². The molecule has 1 fully saturated rings. The molecule has 2 aromatic rings. The number of nitrogens with zero attached hydrogens (tertiary/aromatic N) is 4. The van der Waals surface area contributed by atoms with Crippen molar-refractivity contribution in [2.45, 2.75) is 33.1 Å². The topological polar surface area (TPSA) is 86.8 Å². The van der Waals surface area contributed by atoms with Gasteiger partial charge in [0.1, 0.15) is 12.1 Å². The largest absolute Gasteiger partial charge is 0.343 e. The lowest BCUT2D eigenvalue weighted by Gasteiger charge is -2.31. The molecule has 3 rings (SSSR count). The Morgan fingerprint density at radius 1 is 1.30 bits per heavy atom. The predicted molar refractivity (Wildman–Crippen MR) is 87.3 cm³/mol. The number of aryl methyl sites for hydroxylation is 1. The SMILES string of the molecule is CC(=O)N1CCC(Cc2cc(Nc3cc(C)[nH]n3)ncn2)CC1. The third-order valence-corrected chi connectivity index (χ3v) is 4.24. The Kier molecular flexibility index (Phi) is 4.55. The van der Waals surface area contributed by atoms with Crippen molar-refractivity contribution in [2.24, 2.45) is 5.92 Å². The number of hydrogen-bond acceptors (Lipinski definition) is 5. The number of carbonyl (C=O) groups excluding carboxylic acids is 1. The zero-order valence-corrected chi connectivity index (χ0v) is 13.5. The molecular weight excluding hydrogens is 292 g/mol. The van der Waals surface area contributed by atoms with Gasteiger partial charge in [0.15, 0.2) is 5.82 Å². The van der Waals surface area contributed by atoms with Gasteiger partial charge in [0, 0.05) is 43.5 Å². The van der Waals surface area contributed by atoms with Gasteiger partial charge in [-0.2, -0.15) is 5.10 Å². The summed E-state index contributed by atoms with van der Waals surface area (Å²) in [5.41, 5.74) is 2.02. The number of carbonyl (C=O) groups is 1. The number of likely N-dealkylation sites (tertiary alicyclic amines) is 1. The molecule has 2 N–H and O–H groups in total.